The Morgan fingerprint density at radius 1 is 1.33 bits per heavy atom. The van der Waals surface area contributed by atoms with Gasteiger partial charge in [-0.1, -0.05) is 0 Å². The summed E-state index contributed by atoms with van der Waals surface area (Å²) in [5.41, 5.74) is 0. The van der Waals surface area contributed by atoms with E-state index in [0.29, 0.717) is 0 Å². The molecule has 0 aliphatic rings. The highest BCUT2D eigenvalue weighted by Gasteiger charge is 2.08. The lowest BCUT2D eigenvalue weighted by Crippen LogP contribution is -2.30. The van der Waals surface area contributed by atoms with Crippen molar-refractivity contribution in [2.75, 3.05) is 0 Å². The van der Waals surface area contributed by atoms with Gasteiger partial charge >= 0.3 is 0 Å². The molecule has 2 amide bonds. The number of ketones is 1. The third-order valence-electron chi connectivity index (χ3n) is 0.928. The summed E-state index contributed by atoms with van der Waals surface area (Å²) in [5, 5.41) is 9.93. The lowest BCUT2D eigenvalue weighted by Gasteiger charge is -1.97. The van der Waals surface area contributed by atoms with E-state index in [1.54, 1.807) is 6.07 Å². The molecule has 0 atom stereocenters. The van der Waals surface area contributed by atoms with E-state index in [2.05, 4.69) is 0 Å². The Morgan fingerprint density at radius 2 is 1.92 bits per heavy atom. The van der Waals surface area contributed by atoms with Gasteiger partial charge in [0.1, 0.15) is 12.2 Å². The number of Topliss-reactive ketones (excluding diaryl/α,β-unsaturated/α-hetero) is 1. The van der Waals surface area contributed by atoms with Crippen LogP contribution in [0.5, 0.6) is 0 Å². The minimum absolute atomic E-state index is 0.322. The van der Waals surface area contributed by atoms with E-state index in [1.165, 1.54) is 6.92 Å². The number of carbonyl (C=O) groups excluding carboxylic acids is 3. The molecule has 0 fully saturated rings. The molecule has 5 heteroatoms. The molecule has 0 saturated carbocycles. The second-order valence-electron chi connectivity index (χ2n) is 2.19. The Kier molecular flexibility index (Phi) is 4.31. The summed E-state index contributed by atoms with van der Waals surface area (Å²) in [6.45, 7) is 1.24. The second kappa shape index (κ2) is 5.02. The Bertz CT molecular complexity index is 252. The molecule has 0 rings (SSSR count). The third kappa shape index (κ3) is 5.11. The summed E-state index contributed by atoms with van der Waals surface area (Å²) in [4.78, 5) is 31.6. The highest BCUT2D eigenvalue weighted by molar-refractivity contribution is 6.04. The van der Waals surface area contributed by atoms with Crippen molar-refractivity contribution < 1.29 is 14.4 Å². The molecular formula is C7H8N2O3. The quantitative estimate of drug-likeness (QED) is 0.576. The zero-order valence-corrected chi connectivity index (χ0v) is 6.59. The maximum absolute atomic E-state index is 10.7. The SMILES string of the molecule is CC(=O)CC(=O)NC(=O)CC#N. The van der Waals surface area contributed by atoms with Gasteiger partial charge in [0.2, 0.25) is 11.8 Å². The van der Waals surface area contributed by atoms with Crippen molar-refractivity contribution in [2.24, 2.45) is 0 Å². The van der Waals surface area contributed by atoms with Crippen molar-refractivity contribution in [3.63, 3.8) is 0 Å². The smallest absolute Gasteiger partial charge is 0.240 e. The van der Waals surface area contributed by atoms with Crippen LogP contribution in [0.25, 0.3) is 0 Å². The Balaban J connectivity index is 3.79. The van der Waals surface area contributed by atoms with Crippen molar-refractivity contribution >= 4 is 17.6 Å². The molecule has 5 nitrogen and oxygen atoms in total. The van der Waals surface area contributed by atoms with Gasteiger partial charge < -0.3 is 0 Å². The van der Waals surface area contributed by atoms with Crippen molar-refractivity contribution in [3.05, 3.63) is 0 Å². The van der Waals surface area contributed by atoms with Gasteiger partial charge in [0.15, 0.2) is 0 Å². The average molecular weight is 168 g/mol. The van der Waals surface area contributed by atoms with E-state index in [9.17, 15) is 14.4 Å². The normalized spacial score (nSPS) is 8.33. The summed E-state index contributed by atoms with van der Waals surface area (Å²) >= 11 is 0. The van der Waals surface area contributed by atoms with E-state index in [4.69, 9.17) is 5.26 Å². The fraction of sp³-hybridized carbons (Fsp3) is 0.429. The summed E-state index contributed by atoms with van der Waals surface area (Å²) in [5.74, 6) is -1.66. The zero-order valence-electron chi connectivity index (χ0n) is 6.59. The molecule has 0 aromatic rings. The molecule has 0 spiro atoms. The number of nitrogens with zero attached hydrogens (tertiary/aromatic N) is 1. The Morgan fingerprint density at radius 3 is 2.33 bits per heavy atom. The van der Waals surface area contributed by atoms with Crippen LogP contribution in [0.2, 0.25) is 0 Å². The number of amides is 2. The molecule has 0 aliphatic carbocycles. The highest BCUT2D eigenvalue weighted by atomic mass is 16.2. The first kappa shape index (κ1) is 10.3. The van der Waals surface area contributed by atoms with Crippen LogP contribution in [0.3, 0.4) is 0 Å². The van der Waals surface area contributed by atoms with Gasteiger partial charge in [-0.2, -0.15) is 5.26 Å². The van der Waals surface area contributed by atoms with Crippen LogP contribution in [0.15, 0.2) is 0 Å². The van der Waals surface area contributed by atoms with Crippen LogP contribution in [-0.2, 0) is 14.4 Å². The van der Waals surface area contributed by atoms with Gasteiger partial charge in [0.05, 0.1) is 12.5 Å². The zero-order chi connectivity index (χ0) is 9.56. The van der Waals surface area contributed by atoms with Crippen LogP contribution < -0.4 is 5.32 Å². The molecule has 0 saturated heterocycles. The van der Waals surface area contributed by atoms with Gasteiger partial charge in [-0.3, -0.25) is 19.7 Å². The predicted molar refractivity (Wildman–Crippen MR) is 38.7 cm³/mol. The first-order valence-corrected chi connectivity index (χ1v) is 3.25. The number of carbonyl (C=O) groups is 3. The summed E-state index contributed by atoms with van der Waals surface area (Å²) < 4.78 is 0. The average Bonchev–Trinajstić information content (AvgIpc) is 1.84. The molecule has 0 aliphatic heterocycles. The summed E-state index contributed by atoms with van der Waals surface area (Å²) in [6.07, 6.45) is -0.694. The number of nitrogens with one attached hydrogen (secondary N) is 1. The standard InChI is InChI=1S/C7H8N2O3/c1-5(10)4-7(12)9-6(11)2-3-8/h2,4H2,1H3,(H,9,11,12). The van der Waals surface area contributed by atoms with E-state index >= 15 is 0 Å². The van der Waals surface area contributed by atoms with Crippen LogP contribution in [0, 0.1) is 11.3 Å². The topological polar surface area (TPSA) is 87.0 Å². The van der Waals surface area contributed by atoms with Crippen molar-refractivity contribution in [2.45, 2.75) is 19.8 Å². The highest BCUT2D eigenvalue weighted by Crippen LogP contribution is 1.83. The van der Waals surface area contributed by atoms with E-state index in [-0.39, 0.29) is 18.6 Å². The molecule has 0 unspecified atom stereocenters. The van der Waals surface area contributed by atoms with Gasteiger partial charge in [0, 0.05) is 0 Å². The second-order valence-corrected chi connectivity index (χ2v) is 2.19. The number of hydrogen-bond donors (Lipinski definition) is 1. The molecule has 0 aromatic heterocycles. The molecule has 0 heterocycles. The summed E-state index contributed by atoms with van der Waals surface area (Å²) in [6, 6.07) is 1.58. The fourth-order valence-corrected chi connectivity index (χ4v) is 0.542. The number of hydrogen-bond acceptors (Lipinski definition) is 4. The number of imide groups is 1. The maximum atomic E-state index is 10.7. The molecule has 0 radical (unpaired) electrons. The largest absolute Gasteiger partial charge is 0.299 e. The monoisotopic (exact) mass is 168 g/mol. The molecular weight excluding hydrogens is 160 g/mol. The first-order chi connectivity index (χ1) is 5.56. The van der Waals surface area contributed by atoms with Crippen molar-refractivity contribution in [1.29, 1.82) is 5.26 Å². The minimum atomic E-state index is -0.677. The van der Waals surface area contributed by atoms with Crippen LogP contribution in [0.1, 0.15) is 19.8 Å². The van der Waals surface area contributed by atoms with Gasteiger partial charge in [-0.25, -0.2) is 0 Å². The lowest BCUT2D eigenvalue weighted by atomic mass is 10.3. The van der Waals surface area contributed by atoms with E-state index in [0.717, 1.165) is 0 Å². The third-order valence-corrected chi connectivity index (χ3v) is 0.928. The van der Waals surface area contributed by atoms with Crippen LogP contribution >= 0.6 is 0 Å². The fourth-order valence-electron chi connectivity index (χ4n) is 0.542. The maximum Gasteiger partial charge on any atom is 0.240 e. The summed E-state index contributed by atoms with van der Waals surface area (Å²) in [7, 11) is 0. The molecule has 0 bridgehead atoms. The Labute approximate surface area is 69.4 Å². The van der Waals surface area contributed by atoms with Gasteiger partial charge in [-0.15, -0.1) is 0 Å². The number of nitriles is 1. The molecule has 64 valence electrons. The van der Waals surface area contributed by atoms with Crippen molar-refractivity contribution in [3.8, 4) is 6.07 Å². The minimum Gasteiger partial charge on any atom is -0.299 e. The number of rotatable bonds is 3. The predicted octanol–water partition coefficient (Wildman–Crippen LogP) is -0.478. The van der Waals surface area contributed by atoms with Gasteiger partial charge in [0.25, 0.3) is 0 Å². The van der Waals surface area contributed by atoms with E-state index in [1.807, 2.05) is 5.32 Å². The molecule has 1 N–H and O–H groups in total. The Hall–Kier alpha value is -1.70. The lowest BCUT2D eigenvalue weighted by molar-refractivity contribution is -0.131. The van der Waals surface area contributed by atoms with E-state index < -0.39 is 11.8 Å². The van der Waals surface area contributed by atoms with Crippen LogP contribution in [0.4, 0.5) is 0 Å². The first-order valence-electron chi connectivity index (χ1n) is 3.25. The van der Waals surface area contributed by atoms with Crippen molar-refractivity contribution in [1.82, 2.24) is 5.32 Å². The molecule has 0 aromatic carbocycles. The van der Waals surface area contributed by atoms with Gasteiger partial charge in [-0.05, 0) is 6.92 Å². The van der Waals surface area contributed by atoms with Crippen LogP contribution in [-0.4, -0.2) is 17.6 Å². The molecule has 12 heavy (non-hydrogen) atoms.